The molecule has 2 aliphatic heterocycles. The molecule has 0 spiro atoms. The molecule has 0 fully saturated rings. The zero-order chi connectivity index (χ0) is 69.2. The third kappa shape index (κ3) is 11.7. The monoisotopic (exact) mass is 1290 g/mol. The summed E-state index contributed by atoms with van der Waals surface area (Å²) in [4.78, 5) is 9.82. The minimum Gasteiger partial charge on any atom is -0.311 e. The second-order valence-corrected chi connectivity index (χ2v) is 29.7. The maximum Gasteiger partial charge on any atom is 0.252 e. The van der Waals surface area contributed by atoms with Crippen molar-refractivity contribution in [3.63, 3.8) is 0 Å². The fourth-order valence-electron chi connectivity index (χ4n) is 15.0. The van der Waals surface area contributed by atoms with Crippen LogP contribution in [0.15, 0.2) is 297 Å². The van der Waals surface area contributed by atoms with Gasteiger partial charge in [-0.05, 0) is 211 Å². The van der Waals surface area contributed by atoms with Gasteiger partial charge in [-0.15, -0.1) is 0 Å². The quantitative estimate of drug-likeness (QED) is 0.114. The maximum absolute atomic E-state index is 11.2. The first-order valence-corrected chi connectivity index (χ1v) is 34.7. The van der Waals surface area contributed by atoms with Crippen LogP contribution in [0.25, 0.3) is 44.5 Å². The van der Waals surface area contributed by atoms with E-state index in [0.717, 1.165) is 135 Å². The largest absolute Gasteiger partial charge is 0.311 e. The van der Waals surface area contributed by atoms with Crippen LogP contribution in [0.4, 0.5) is 68.2 Å². The maximum atomic E-state index is 11.2. The van der Waals surface area contributed by atoms with Crippen LogP contribution in [0.5, 0.6) is 0 Å². The number of rotatable bonds is 12. The zero-order valence-corrected chi connectivity index (χ0v) is 58.6. The number of anilines is 12. The zero-order valence-electron chi connectivity index (χ0n) is 58.6. The van der Waals surface area contributed by atoms with Crippen molar-refractivity contribution in [3.05, 3.63) is 331 Å². The molecular weight excluding hydrogens is 1210 g/mol. The first-order valence-electron chi connectivity index (χ1n) is 34.7. The first kappa shape index (κ1) is 64.1. The topological polar surface area (TPSA) is 60.5 Å². The molecule has 0 aliphatic carbocycles. The lowest BCUT2D eigenvalue weighted by atomic mass is 9.33. The number of hydrogen-bond donors (Lipinski definition) is 0. The first-order chi connectivity index (χ1) is 48.3. The SMILES string of the molecule is Cc1cc2c3c(c1)N(c1ccc(C(C)(C)C)cc1-c1ccccc1)c1cc(-c4cc(C#N)cc(C(C)(C)C)c4N(c4ccccc4)c4ccccc4)ccc1B3c1ccc(-c3cc(C#N)ccc3N(c3ccccc3)c3ccccc3)cc1N2c1ccc(C(C)(C)C)cc1-c1ccccc1. The summed E-state index contributed by atoms with van der Waals surface area (Å²) in [5.74, 6) is 0. The summed E-state index contributed by atoms with van der Waals surface area (Å²) in [6.07, 6.45) is 0. The van der Waals surface area contributed by atoms with Gasteiger partial charge in [0.15, 0.2) is 0 Å². The number of benzene rings is 13. The molecule has 0 amide bonds. The van der Waals surface area contributed by atoms with E-state index in [1.165, 1.54) is 16.6 Å². The third-order valence-corrected chi connectivity index (χ3v) is 19.9. The smallest absolute Gasteiger partial charge is 0.252 e. The van der Waals surface area contributed by atoms with Crippen LogP contribution in [0, 0.1) is 29.6 Å². The Labute approximate surface area is 590 Å². The second kappa shape index (κ2) is 25.5. The van der Waals surface area contributed by atoms with Gasteiger partial charge in [0.25, 0.3) is 6.71 Å². The van der Waals surface area contributed by atoms with Crippen LogP contribution >= 0.6 is 0 Å². The minimum absolute atomic E-state index is 0.150. The van der Waals surface area contributed by atoms with E-state index in [2.05, 4.69) is 392 Å². The molecule has 6 nitrogen and oxygen atoms in total. The Morgan fingerprint density at radius 2 is 0.720 bits per heavy atom. The van der Waals surface area contributed by atoms with Crippen molar-refractivity contribution in [2.24, 2.45) is 0 Å². The van der Waals surface area contributed by atoms with Crippen molar-refractivity contribution in [3.8, 4) is 56.6 Å². The van der Waals surface area contributed by atoms with E-state index < -0.39 is 5.41 Å². The summed E-state index contributed by atoms with van der Waals surface area (Å²) in [5, 5.41) is 22.1. The molecule has 484 valence electrons. The average molecular weight is 1290 g/mol. The number of fused-ring (bicyclic) bond motifs is 4. The third-order valence-electron chi connectivity index (χ3n) is 19.9. The molecule has 7 heteroatoms. The van der Waals surface area contributed by atoms with Gasteiger partial charge in [-0.25, -0.2) is 0 Å². The summed E-state index contributed by atoms with van der Waals surface area (Å²) in [5.41, 5.74) is 29.2. The molecule has 0 N–H and O–H groups in total. The van der Waals surface area contributed by atoms with E-state index in [-0.39, 0.29) is 17.5 Å². The van der Waals surface area contributed by atoms with Gasteiger partial charge in [-0.3, -0.25) is 0 Å². The van der Waals surface area contributed by atoms with Crippen molar-refractivity contribution in [1.29, 1.82) is 10.5 Å². The number of aryl methyl sites for hydroxylation is 1. The molecule has 0 unspecified atom stereocenters. The molecule has 100 heavy (non-hydrogen) atoms. The van der Waals surface area contributed by atoms with E-state index in [1.807, 2.05) is 6.07 Å². The summed E-state index contributed by atoms with van der Waals surface area (Å²) in [6.45, 7) is 22.5. The molecule has 0 saturated heterocycles. The minimum atomic E-state index is -0.396. The number of nitriles is 2. The highest BCUT2D eigenvalue weighted by atomic mass is 15.2. The predicted molar refractivity (Wildman–Crippen MR) is 422 cm³/mol. The molecule has 0 aromatic heterocycles. The lowest BCUT2D eigenvalue weighted by Gasteiger charge is -2.45. The lowest BCUT2D eigenvalue weighted by Crippen LogP contribution is -2.61. The predicted octanol–water partition coefficient (Wildman–Crippen LogP) is 23.3. The number of hydrogen-bond acceptors (Lipinski definition) is 6. The van der Waals surface area contributed by atoms with Gasteiger partial charge < -0.3 is 19.6 Å². The molecule has 0 radical (unpaired) electrons. The highest BCUT2D eigenvalue weighted by Crippen LogP contribution is 2.54. The average Bonchev–Trinajstić information content (AvgIpc) is 0.692. The fraction of sp³-hybridized carbons (Fsp3) is 0.140. The van der Waals surface area contributed by atoms with Gasteiger partial charge >= 0.3 is 0 Å². The van der Waals surface area contributed by atoms with Crippen LogP contribution in [-0.2, 0) is 16.2 Å². The molecule has 15 rings (SSSR count). The van der Waals surface area contributed by atoms with Crippen molar-refractivity contribution < 1.29 is 0 Å². The fourth-order valence-corrected chi connectivity index (χ4v) is 15.0. The molecule has 0 saturated carbocycles. The van der Waals surface area contributed by atoms with Crippen LogP contribution in [0.2, 0.25) is 0 Å². The van der Waals surface area contributed by atoms with Gasteiger partial charge in [0.05, 0.1) is 46.0 Å². The van der Waals surface area contributed by atoms with Crippen LogP contribution in [-0.4, -0.2) is 6.71 Å². The summed E-state index contributed by atoms with van der Waals surface area (Å²) in [6, 6.07) is 113. The van der Waals surface area contributed by atoms with Gasteiger partial charge in [0, 0.05) is 67.8 Å². The van der Waals surface area contributed by atoms with Crippen LogP contribution in [0.3, 0.4) is 0 Å². The Balaban J connectivity index is 1.07. The van der Waals surface area contributed by atoms with Gasteiger partial charge in [0.1, 0.15) is 0 Å². The van der Waals surface area contributed by atoms with E-state index in [1.54, 1.807) is 0 Å². The Kier molecular flexibility index (Phi) is 16.4. The van der Waals surface area contributed by atoms with Gasteiger partial charge in [-0.2, -0.15) is 10.5 Å². The van der Waals surface area contributed by atoms with E-state index >= 15 is 0 Å². The van der Waals surface area contributed by atoms with Crippen LogP contribution < -0.4 is 36.0 Å². The van der Waals surface area contributed by atoms with Crippen molar-refractivity contribution in [2.45, 2.75) is 85.5 Å². The Bertz CT molecular complexity index is 5270. The Morgan fingerprint density at radius 3 is 1.13 bits per heavy atom. The highest BCUT2D eigenvalue weighted by Gasteiger charge is 2.45. The summed E-state index contributed by atoms with van der Waals surface area (Å²) < 4.78 is 0. The van der Waals surface area contributed by atoms with Crippen molar-refractivity contribution in [2.75, 3.05) is 19.6 Å². The summed E-state index contributed by atoms with van der Waals surface area (Å²) in [7, 11) is 0. The summed E-state index contributed by atoms with van der Waals surface area (Å²) >= 11 is 0. The number of nitrogens with zero attached hydrogens (tertiary/aromatic N) is 6. The van der Waals surface area contributed by atoms with E-state index in [4.69, 9.17) is 0 Å². The highest BCUT2D eigenvalue weighted by molar-refractivity contribution is 7.00. The van der Waals surface area contributed by atoms with Crippen molar-refractivity contribution >= 4 is 91.3 Å². The molecule has 0 atom stereocenters. The standard InChI is InChI=1S/C93H79BN6/c1-62-51-87-89-88(52-62)100(84-50-45-70(92(5,6)7)59-77(84)66-31-19-12-20-32-66)86-57-68(78-54-64(61-96)55-79(93(8,9)10)90(78)98(73-37-25-15-26-38-73)74-39-27-16-28-40-74)43-47-81(86)94(89)80-46-42-67(56-85(80)99(87)83-49-44-69(91(2,3)4)58-76(83)65-29-17-11-18-30-65)75-53-63(60-95)41-48-82(75)97(71-33-21-13-22-34-71)72-35-23-14-24-36-72/h11-59H,1-10H3. The Morgan fingerprint density at radius 1 is 0.320 bits per heavy atom. The molecule has 2 aliphatic rings. The van der Waals surface area contributed by atoms with E-state index in [9.17, 15) is 10.5 Å². The number of para-hydroxylation sites is 4. The van der Waals surface area contributed by atoms with Gasteiger partial charge in [0.2, 0.25) is 0 Å². The van der Waals surface area contributed by atoms with Crippen LogP contribution in [0.1, 0.15) is 95.7 Å². The van der Waals surface area contributed by atoms with Gasteiger partial charge in [-0.1, -0.05) is 232 Å². The normalized spacial score (nSPS) is 12.4. The lowest BCUT2D eigenvalue weighted by molar-refractivity contribution is 0.590. The molecular formula is C93H79BN6. The molecule has 0 bridgehead atoms. The molecule has 2 heterocycles. The van der Waals surface area contributed by atoms with E-state index in [0.29, 0.717) is 11.1 Å². The van der Waals surface area contributed by atoms with Crippen molar-refractivity contribution in [1.82, 2.24) is 0 Å². The second-order valence-electron chi connectivity index (χ2n) is 29.7. The molecule has 13 aromatic carbocycles. The Hall–Kier alpha value is -11.9. The molecule has 13 aromatic rings.